The number of benzene rings is 2. The summed E-state index contributed by atoms with van der Waals surface area (Å²) >= 11 is 0. The Kier molecular flexibility index (Phi) is 5.28. The van der Waals surface area contributed by atoms with Gasteiger partial charge in [0.05, 0.1) is 5.69 Å². The van der Waals surface area contributed by atoms with E-state index in [9.17, 15) is 9.18 Å². The molecule has 1 aliphatic rings. The van der Waals surface area contributed by atoms with Crippen molar-refractivity contribution in [1.29, 1.82) is 0 Å². The summed E-state index contributed by atoms with van der Waals surface area (Å²) in [5.74, 6) is 0.625. The molecular weight excluding hydrogens is 355 g/mol. The third kappa shape index (κ3) is 4.17. The summed E-state index contributed by atoms with van der Waals surface area (Å²) in [5, 5.41) is 2.99. The van der Waals surface area contributed by atoms with Crippen LogP contribution in [0, 0.1) is 11.7 Å². The number of halogens is 1. The van der Waals surface area contributed by atoms with Crippen molar-refractivity contribution < 1.29 is 9.18 Å². The third-order valence-corrected chi connectivity index (χ3v) is 5.02. The number of carbonyl (C=O) groups is 1. The maximum Gasteiger partial charge on any atom is 0.227 e. The van der Waals surface area contributed by atoms with Crippen LogP contribution in [0.5, 0.6) is 0 Å². The van der Waals surface area contributed by atoms with Crippen LogP contribution in [0.25, 0.3) is 11.3 Å². The minimum Gasteiger partial charge on any atom is -0.356 e. The maximum absolute atomic E-state index is 13.1. The number of carbonyl (C=O) groups excluding carboxylic acids is 1. The van der Waals surface area contributed by atoms with Gasteiger partial charge in [-0.05, 0) is 49.2 Å². The van der Waals surface area contributed by atoms with Gasteiger partial charge in [-0.15, -0.1) is 0 Å². The van der Waals surface area contributed by atoms with E-state index in [1.165, 1.54) is 18.5 Å². The summed E-state index contributed by atoms with van der Waals surface area (Å²) in [7, 11) is 0. The molecule has 3 aromatic rings. The maximum atomic E-state index is 13.1. The van der Waals surface area contributed by atoms with Gasteiger partial charge in [0.1, 0.15) is 18.0 Å². The SMILES string of the molecule is O=C(Nc1ccccc1)C1CCN(c2cc(-c3ccc(F)cc3)ncn2)CC1. The van der Waals surface area contributed by atoms with E-state index in [4.69, 9.17) is 0 Å². The second-order valence-electron chi connectivity index (χ2n) is 6.88. The minimum atomic E-state index is -0.270. The normalized spacial score (nSPS) is 14.7. The Morgan fingerprint density at radius 1 is 1.00 bits per heavy atom. The molecule has 0 saturated carbocycles. The van der Waals surface area contributed by atoms with Gasteiger partial charge in [0, 0.05) is 36.3 Å². The van der Waals surface area contributed by atoms with Crippen molar-refractivity contribution in [2.75, 3.05) is 23.3 Å². The number of aromatic nitrogens is 2. The van der Waals surface area contributed by atoms with E-state index in [2.05, 4.69) is 20.2 Å². The molecule has 142 valence electrons. The van der Waals surface area contributed by atoms with Crippen LogP contribution in [-0.2, 0) is 4.79 Å². The van der Waals surface area contributed by atoms with Gasteiger partial charge < -0.3 is 10.2 Å². The predicted molar refractivity (Wildman–Crippen MR) is 107 cm³/mol. The van der Waals surface area contributed by atoms with Crippen LogP contribution in [0.1, 0.15) is 12.8 Å². The average Bonchev–Trinajstić information content (AvgIpc) is 2.75. The number of amides is 1. The molecule has 1 fully saturated rings. The molecule has 0 atom stereocenters. The number of anilines is 2. The molecule has 2 aromatic carbocycles. The summed E-state index contributed by atoms with van der Waals surface area (Å²) in [6.45, 7) is 1.51. The minimum absolute atomic E-state index is 0.00476. The highest BCUT2D eigenvalue weighted by Crippen LogP contribution is 2.26. The second kappa shape index (κ2) is 8.17. The van der Waals surface area contributed by atoms with Gasteiger partial charge in [0.25, 0.3) is 0 Å². The molecule has 6 heteroatoms. The molecule has 0 bridgehead atoms. The van der Waals surface area contributed by atoms with Crippen molar-refractivity contribution in [1.82, 2.24) is 9.97 Å². The van der Waals surface area contributed by atoms with Gasteiger partial charge in [0.2, 0.25) is 5.91 Å². The summed E-state index contributed by atoms with van der Waals surface area (Å²) < 4.78 is 13.1. The first kappa shape index (κ1) is 18.1. The Labute approximate surface area is 163 Å². The summed E-state index contributed by atoms with van der Waals surface area (Å²) in [5.41, 5.74) is 2.44. The Balaban J connectivity index is 1.39. The smallest absolute Gasteiger partial charge is 0.227 e. The predicted octanol–water partition coefficient (Wildman–Crippen LogP) is 4.14. The Morgan fingerprint density at radius 3 is 2.43 bits per heavy atom. The second-order valence-corrected chi connectivity index (χ2v) is 6.88. The van der Waals surface area contributed by atoms with E-state index in [-0.39, 0.29) is 17.6 Å². The molecule has 0 unspecified atom stereocenters. The molecule has 2 heterocycles. The average molecular weight is 376 g/mol. The lowest BCUT2D eigenvalue weighted by Gasteiger charge is -2.32. The fourth-order valence-electron chi connectivity index (χ4n) is 3.44. The lowest BCUT2D eigenvalue weighted by atomic mass is 9.95. The standard InChI is InChI=1S/C22H21FN4O/c23-18-8-6-16(7-9-18)20-14-21(25-15-24-20)27-12-10-17(11-13-27)22(28)26-19-4-2-1-3-5-19/h1-9,14-15,17H,10-13H2,(H,26,28). The van der Waals surface area contributed by atoms with Crippen molar-refractivity contribution in [2.24, 2.45) is 5.92 Å². The number of nitrogens with one attached hydrogen (secondary N) is 1. The van der Waals surface area contributed by atoms with Gasteiger partial charge in [-0.3, -0.25) is 4.79 Å². The van der Waals surface area contributed by atoms with Crippen LogP contribution >= 0.6 is 0 Å². The van der Waals surface area contributed by atoms with Gasteiger partial charge in [-0.1, -0.05) is 18.2 Å². The first-order valence-electron chi connectivity index (χ1n) is 9.38. The van der Waals surface area contributed by atoms with Gasteiger partial charge in [-0.25, -0.2) is 14.4 Å². The highest BCUT2D eigenvalue weighted by molar-refractivity contribution is 5.92. The van der Waals surface area contributed by atoms with Crippen molar-refractivity contribution >= 4 is 17.4 Å². The van der Waals surface area contributed by atoms with E-state index in [1.807, 2.05) is 36.4 Å². The molecule has 1 N–H and O–H groups in total. The Bertz CT molecular complexity index is 938. The van der Waals surface area contributed by atoms with Crippen molar-refractivity contribution in [3.05, 3.63) is 72.8 Å². The van der Waals surface area contributed by atoms with E-state index < -0.39 is 0 Å². The number of hydrogen-bond acceptors (Lipinski definition) is 4. The molecule has 28 heavy (non-hydrogen) atoms. The fourth-order valence-corrected chi connectivity index (χ4v) is 3.44. The van der Waals surface area contributed by atoms with Crippen LogP contribution in [0.15, 0.2) is 67.0 Å². The van der Waals surface area contributed by atoms with Crippen LogP contribution in [0.4, 0.5) is 15.9 Å². The molecule has 0 radical (unpaired) electrons. The first-order valence-corrected chi connectivity index (χ1v) is 9.38. The number of hydrogen-bond donors (Lipinski definition) is 1. The quantitative estimate of drug-likeness (QED) is 0.744. The molecule has 1 aromatic heterocycles. The molecule has 1 aliphatic heterocycles. The van der Waals surface area contributed by atoms with E-state index in [0.29, 0.717) is 0 Å². The zero-order valence-corrected chi connectivity index (χ0v) is 15.4. The highest BCUT2D eigenvalue weighted by Gasteiger charge is 2.26. The Morgan fingerprint density at radius 2 is 1.71 bits per heavy atom. The summed E-state index contributed by atoms with van der Waals surface area (Å²) in [6, 6.07) is 17.7. The molecule has 1 saturated heterocycles. The fraction of sp³-hybridized carbons (Fsp3) is 0.227. The summed E-state index contributed by atoms with van der Waals surface area (Å²) in [4.78, 5) is 23.3. The Hall–Kier alpha value is -3.28. The van der Waals surface area contributed by atoms with E-state index in [0.717, 1.165) is 48.7 Å². The topological polar surface area (TPSA) is 58.1 Å². The first-order chi connectivity index (χ1) is 13.7. The molecule has 0 spiro atoms. The monoisotopic (exact) mass is 376 g/mol. The van der Waals surface area contributed by atoms with Crippen LogP contribution < -0.4 is 10.2 Å². The largest absolute Gasteiger partial charge is 0.356 e. The third-order valence-electron chi connectivity index (χ3n) is 5.02. The number of nitrogens with zero attached hydrogens (tertiary/aromatic N) is 3. The number of para-hydroxylation sites is 1. The lowest BCUT2D eigenvalue weighted by molar-refractivity contribution is -0.120. The van der Waals surface area contributed by atoms with Crippen LogP contribution in [0.3, 0.4) is 0 Å². The summed E-state index contributed by atoms with van der Waals surface area (Å²) in [6.07, 6.45) is 3.07. The van der Waals surface area contributed by atoms with Crippen LogP contribution in [-0.4, -0.2) is 29.0 Å². The highest BCUT2D eigenvalue weighted by atomic mass is 19.1. The van der Waals surface area contributed by atoms with E-state index in [1.54, 1.807) is 12.1 Å². The van der Waals surface area contributed by atoms with Gasteiger partial charge in [0.15, 0.2) is 0 Å². The zero-order chi connectivity index (χ0) is 19.3. The van der Waals surface area contributed by atoms with Crippen molar-refractivity contribution in [2.45, 2.75) is 12.8 Å². The van der Waals surface area contributed by atoms with Gasteiger partial charge in [-0.2, -0.15) is 0 Å². The van der Waals surface area contributed by atoms with Gasteiger partial charge >= 0.3 is 0 Å². The van der Waals surface area contributed by atoms with E-state index >= 15 is 0 Å². The molecule has 1 amide bonds. The number of rotatable bonds is 4. The molecular formula is C22H21FN4O. The molecule has 5 nitrogen and oxygen atoms in total. The van der Waals surface area contributed by atoms with Crippen molar-refractivity contribution in [3.8, 4) is 11.3 Å². The van der Waals surface area contributed by atoms with Crippen molar-refractivity contribution in [3.63, 3.8) is 0 Å². The van der Waals surface area contributed by atoms with Crippen LogP contribution in [0.2, 0.25) is 0 Å². The molecule has 0 aliphatic carbocycles. The molecule has 4 rings (SSSR count). The lowest BCUT2D eigenvalue weighted by Crippen LogP contribution is -2.38. The number of piperidine rings is 1. The zero-order valence-electron chi connectivity index (χ0n) is 15.4.